The van der Waals surface area contributed by atoms with Crippen LogP contribution in [-0.4, -0.2) is 79.9 Å². The fraction of sp³-hybridized carbons (Fsp3) is 0.372. The molecule has 1 saturated heterocycles. The van der Waals surface area contributed by atoms with E-state index in [4.69, 9.17) is 23.7 Å². The lowest BCUT2D eigenvalue weighted by atomic mass is 9.92. The van der Waals surface area contributed by atoms with Crippen LogP contribution in [0, 0.1) is 0 Å². The van der Waals surface area contributed by atoms with Crippen LogP contribution in [0.1, 0.15) is 59.2 Å². The van der Waals surface area contributed by atoms with Crippen LogP contribution in [-0.2, 0) is 38.4 Å². The Balaban J connectivity index is 1.08. The summed E-state index contributed by atoms with van der Waals surface area (Å²) in [5.41, 5.74) is 4.37. The second-order valence-corrected chi connectivity index (χ2v) is 14.2. The van der Waals surface area contributed by atoms with Crippen LogP contribution in [0.4, 0.5) is 16.2 Å². The van der Waals surface area contributed by atoms with E-state index in [2.05, 4.69) is 6.58 Å². The number of fused-ring (bicyclic) bond motifs is 6. The van der Waals surface area contributed by atoms with E-state index in [-0.39, 0.29) is 48.4 Å². The highest BCUT2D eigenvalue weighted by Crippen LogP contribution is 2.43. The zero-order valence-electron chi connectivity index (χ0n) is 30.9. The van der Waals surface area contributed by atoms with Crippen molar-refractivity contribution in [2.45, 2.75) is 70.1 Å². The number of anilines is 2. The quantitative estimate of drug-likeness (QED) is 0.136. The summed E-state index contributed by atoms with van der Waals surface area (Å²) in [7, 11) is 1.49. The number of carbonyl (C=O) groups excluding carboxylic acids is 3. The van der Waals surface area contributed by atoms with E-state index < -0.39 is 24.7 Å². The van der Waals surface area contributed by atoms with Gasteiger partial charge in [-0.3, -0.25) is 9.59 Å². The molecule has 0 aromatic heterocycles. The number of rotatable bonds is 10. The molecule has 1 fully saturated rings. The number of phenolic OH excluding ortho intramolecular Hbond substituents is 1. The van der Waals surface area contributed by atoms with Crippen molar-refractivity contribution in [1.82, 2.24) is 4.90 Å². The molecule has 0 radical (unpaired) electrons. The molecule has 1 N–H and O–H groups in total. The van der Waals surface area contributed by atoms with E-state index in [9.17, 15) is 19.5 Å². The van der Waals surface area contributed by atoms with Gasteiger partial charge in [-0.1, -0.05) is 61.2 Å². The summed E-state index contributed by atoms with van der Waals surface area (Å²) in [4.78, 5) is 47.1. The summed E-state index contributed by atoms with van der Waals surface area (Å²) in [6.07, 6.45) is 3.44. The molecule has 0 aliphatic carbocycles. The lowest BCUT2D eigenvalue weighted by Gasteiger charge is -2.43. The van der Waals surface area contributed by atoms with Gasteiger partial charge in [0.15, 0.2) is 24.0 Å². The molecule has 12 nitrogen and oxygen atoms in total. The molecule has 286 valence electrons. The molecule has 8 rings (SSSR count). The zero-order valence-corrected chi connectivity index (χ0v) is 30.9. The normalized spacial score (nSPS) is 20.2. The maximum absolute atomic E-state index is 14.6. The van der Waals surface area contributed by atoms with Gasteiger partial charge in [-0.25, -0.2) is 9.69 Å². The monoisotopic (exact) mass is 747 g/mol. The van der Waals surface area contributed by atoms with Crippen LogP contribution in [0.3, 0.4) is 0 Å². The van der Waals surface area contributed by atoms with Gasteiger partial charge >= 0.3 is 6.09 Å². The summed E-state index contributed by atoms with van der Waals surface area (Å²) in [6.45, 7) is 5.21. The number of nitrogens with zero attached hydrogens (tertiary/aromatic N) is 3. The minimum atomic E-state index is -0.960. The number of ether oxygens (including phenoxy) is 5. The van der Waals surface area contributed by atoms with Gasteiger partial charge in [-0.05, 0) is 66.7 Å². The average Bonchev–Trinajstić information content (AvgIpc) is 3.61. The van der Waals surface area contributed by atoms with Gasteiger partial charge in [0.05, 0.1) is 36.7 Å². The maximum atomic E-state index is 14.6. The third kappa shape index (κ3) is 6.96. The Hall–Kier alpha value is -5.59. The number of phenols is 1. The van der Waals surface area contributed by atoms with E-state index in [1.807, 2.05) is 48.5 Å². The topological polar surface area (TPSA) is 127 Å². The van der Waals surface area contributed by atoms with Gasteiger partial charge in [0.25, 0.3) is 5.91 Å². The summed E-state index contributed by atoms with van der Waals surface area (Å²) in [6, 6.07) is 20.0. The molecule has 4 heterocycles. The number of hydrogen-bond acceptors (Lipinski definition) is 9. The average molecular weight is 748 g/mol. The third-order valence-corrected chi connectivity index (χ3v) is 10.9. The molecule has 3 atom stereocenters. The van der Waals surface area contributed by atoms with E-state index in [0.717, 1.165) is 46.0 Å². The van der Waals surface area contributed by atoms with E-state index in [1.165, 1.54) is 18.1 Å². The minimum Gasteiger partial charge on any atom is -0.507 e. The fourth-order valence-electron chi connectivity index (χ4n) is 8.26. The Morgan fingerprint density at radius 3 is 2.58 bits per heavy atom. The van der Waals surface area contributed by atoms with Crippen LogP contribution in [0.15, 0.2) is 79.4 Å². The van der Waals surface area contributed by atoms with Crippen molar-refractivity contribution < 1.29 is 43.2 Å². The first-order valence-corrected chi connectivity index (χ1v) is 19.0. The lowest BCUT2D eigenvalue weighted by Crippen LogP contribution is -2.58. The first kappa shape index (κ1) is 36.4. The van der Waals surface area contributed by atoms with Crippen molar-refractivity contribution in [2.75, 3.05) is 43.3 Å². The summed E-state index contributed by atoms with van der Waals surface area (Å²) >= 11 is 0. The van der Waals surface area contributed by atoms with Crippen LogP contribution >= 0.6 is 0 Å². The van der Waals surface area contributed by atoms with Gasteiger partial charge in [0.2, 0.25) is 5.91 Å². The SMILES string of the molecule is C=CCOC(=O)N1c2cc(OCCCC(=O)N3CCc4c3cc(O)c3ccccc43)c(OC)cc2C(=O)N2Cc3ccccc3C[C@H]2C1OC1CCCCO1. The highest BCUT2D eigenvalue weighted by atomic mass is 16.7. The predicted molar refractivity (Wildman–Crippen MR) is 206 cm³/mol. The van der Waals surface area contributed by atoms with Crippen molar-refractivity contribution in [3.8, 4) is 17.2 Å². The summed E-state index contributed by atoms with van der Waals surface area (Å²) in [5, 5.41) is 12.4. The first-order valence-electron chi connectivity index (χ1n) is 19.0. The molecule has 12 heteroatoms. The lowest BCUT2D eigenvalue weighted by molar-refractivity contribution is -0.197. The number of amides is 3. The summed E-state index contributed by atoms with van der Waals surface area (Å²) < 4.78 is 30.4. The Labute approximate surface area is 319 Å². The van der Waals surface area contributed by atoms with Gasteiger partial charge in [-0.15, -0.1) is 0 Å². The molecule has 0 saturated carbocycles. The number of carbonyl (C=O) groups is 3. The minimum absolute atomic E-state index is 0.0483. The molecule has 4 aliphatic rings. The van der Waals surface area contributed by atoms with Gasteiger partial charge in [0.1, 0.15) is 12.4 Å². The maximum Gasteiger partial charge on any atom is 0.416 e. The molecular formula is C43H45N3O9. The molecule has 0 bridgehead atoms. The Morgan fingerprint density at radius 1 is 1.00 bits per heavy atom. The molecule has 4 aromatic carbocycles. The zero-order chi connectivity index (χ0) is 38.1. The van der Waals surface area contributed by atoms with Crippen molar-refractivity contribution in [3.63, 3.8) is 0 Å². The Kier molecular flexibility index (Phi) is 10.3. The predicted octanol–water partition coefficient (Wildman–Crippen LogP) is 6.88. The Bertz CT molecular complexity index is 2130. The van der Waals surface area contributed by atoms with Crippen LogP contribution in [0.5, 0.6) is 17.2 Å². The highest BCUT2D eigenvalue weighted by Gasteiger charge is 2.48. The number of benzene rings is 4. The molecular weight excluding hydrogens is 702 g/mol. The van der Waals surface area contributed by atoms with Crippen molar-refractivity contribution in [1.29, 1.82) is 0 Å². The molecule has 55 heavy (non-hydrogen) atoms. The molecule has 3 amide bonds. The molecule has 4 aromatic rings. The van der Waals surface area contributed by atoms with E-state index in [1.54, 1.807) is 28.0 Å². The van der Waals surface area contributed by atoms with Crippen molar-refractivity contribution in [3.05, 3.63) is 102 Å². The second kappa shape index (κ2) is 15.6. The van der Waals surface area contributed by atoms with Crippen LogP contribution in [0.25, 0.3) is 10.8 Å². The van der Waals surface area contributed by atoms with Crippen LogP contribution < -0.4 is 19.3 Å². The second-order valence-electron chi connectivity index (χ2n) is 14.2. The smallest absolute Gasteiger partial charge is 0.416 e. The molecule has 2 unspecified atom stereocenters. The highest BCUT2D eigenvalue weighted by molar-refractivity contribution is 6.06. The first-order chi connectivity index (χ1) is 26.9. The molecule has 0 spiro atoms. The largest absolute Gasteiger partial charge is 0.507 e. The Morgan fingerprint density at radius 2 is 1.80 bits per heavy atom. The number of methoxy groups -OCH3 is 1. The molecule has 4 aliphatic heterocycles. The van der Waals surface area contributed by atoms with Gasteiger partial charge in [0, 0.05) is 43.6 Å². The van der Waals surface area contributed by atoms with E-state index in [0.29, 0.717) is 56.9 Å². The van der Waals surface area contributed by atoms with Crippen molar-refractivity contribution >= 4 is 40.1 Å². The van der Waals surface area contributed by atoms with Gasteiger partial charge in [-0.2, -0.15) is 0 Å². The fourth-order valence-corrected chi connectivity index (χ4v) is 8.26. The summed E-state index contributed by atoms with van der Waals surface area (Å²) in [5.74, 6) is 0.384. The number of hydrogen-bond donors (Lipinski definition) is 1. The van der Waals surface area contributed by atoms with Crippen LogP contribution in [0.2, 0.25) is 0 Å². The van der Waals surface area contributed by atoms with Crippen molar-refractivity contribution in [2.24, 2.45) is 0 Å². The van der Waals surface area contributed by atoms with E-state index >= 15 is 0 Å². The standard InChI is InChI=1S/C43H45N3O9/c1-3-19-54-43(50)46-34-25-38(52-21-10-15-39(48)44-18-17-30-29-13-6-7-14-31(29)36(47)24-33(30)44)37(51-2)23-32(34)41(49)45-26-28-12-5-4-11-27(28)22-35(45)42(46)55-40-16-8-9-20-53-40/h3-7,11-14,23-25,35,40,42,47H,1,8-10,15-22,26H2,2H3/t35-,40?,42?/m0/s1. The number of aromatic hydroxyl groups is 1. The third-order valence-electron chi connectivity index (χ3n) is 10.9. The van der Waals surface area contributed by atoms with Gasteiger partial charge < -0.3 is 38.6 Å².